The normalized spacial score (nSPS) is 10.7. The molecular weight excluding hydrogens is 308 g/mol. The highest BCUT2D eigenvalue weighted by atomic mass is 79.9. The Morgan fingerprint density at radius 2 is 2.11 bits per heavy atom. The van der Waals surface area contributed by atoms with Crippen molar-refractivity contribution in [2.24, 2.45) is 0 Å². The molecule has 1 aromatic carbocycles. The number of hydrogen-bond acceptors (Lipinski definition) is 3. The minimum absolute atomic E-state index is 0.158. The van der Waals surface area contributed by atoms with Crippen LogP contribution in [-0.4, -0.2) is 17.1 Å². The van der Waals surface area contributed by atoms with Gasteiger partial charge >= 0.3 is 0 Å². The molecule has 5 heteroatoms. The average molecular weight is 323 g/mol. The van der Waals surface area contributed by atoms with Gasteiger partial charge in [-0.05, 0) is 27.9 Å². The monoisotopic (exact) mass is 322 g/mol. The Morgan fingerprint density at radius 1 is 1.37 bits per heavy atom. The lowest BCUT2D eigenvalue weighted by atomic mass is 10.1. The molecule has 100 valence electrons. The van der Waals surface area contributed by atoms with Crippen molar-refractivity contribution in [3.63, 3.8) is 0 Å². The van der Waals surface area contributed by atoms with Gasteiger partial charge in [-0.2, -0.15) is 0 Å². The fourth-order valence-corrected chi connectivity index (χ4v) is 2.37. The molecule has 0 fully saturated rings. The van der Waals surface area contributed by atoms with E-state index in [-0.39, 0.29) is 5.56 Å². The van der Waals surface area contributed by atoms with Gasteiger partial charge in [0, 0.05) is 12.7 Å². The molecule has 2 rings (SSSR count). The first-order chi connectivity index (χ1) is 9.17. The summed E-state index contributed by atoms with van der Waals surface area (Å²) in [6.45, 7) is 2.45. The van der Waals surface area contributed by atoms with Gasteiger partial charge in [0.25, 0.3) is 5.56 Å². The predicted octanol–water partition coefficient (Wildman–Crippen LogP) is 2.91. The fourth-order valence-electron chi connectivity index (χ4n) is 1.90. The molecule has 2 aromatic rings. The Bertz CT molecular complexity index is 638. The second-order valence-corrected chi connectivity index (χ2v) is 4.91. The molecule has 0 bridgehead atoms. The maximum atomic E-state index is 11.9. The summed E-state index contributed by atoms with van der Waals surface area (Å²) in [5, 5.41) is 0. The van der Waals surface area contributed by atoms with Gasteiger partial charge in [-0.1, -0.05) is 31.2 Å². The van der Waals surface area contributed by atoms with Gasteiger partial charge in [-0.15, -0.1) is 0 Å². The summed E-state index contributed by atoms with van der Waals surface area (Å²) in [6.07, 6.45) is 0.698. The molecule has 0 spiro atoms. The first kappa shape index (κ1) is 14.0. The smallest absolute Gasteiger partial charge is 0.265 e. The van der Waals surface area contributed by atoms with E-state index in [1.807, 2.05) is 31.2 Å². The molecule has 1 N–H and O–H groups in total. The van der Waals surface area contributed by atoms with Crippen LogP contribution in [0, 0.1) is 0 Å². The van der Waals surface area contributed by atoms with E-state index in [1.165, 1.54) is 0 Å². The lowest BCUT2D eigenvalue weighted by Gasteiger charge is -2.09. The Morgan fingerprint density at radius 3 is 2.79 bits per heavy atom. The molecule has 19 heavy (non-hydrogen) atoms. The number of methoxy groups -OCH3 is 1. The average Bonchev–Trinajstić information content (AvgIpc) is 2.43. The molecule has 0 aliphatic carbocycles. The maximum absolute atomic E-state index is 11.9. The van der Waals surface area contributed by atoms with Gasteiger partial charge in [0.2, 0.25) is 0 Å². The van der Waals surface area contributed by atoms with Gasteiger partial charge in [-0.3, -0.25) is 4.79 Å². The highest BCUT2D eigenvalue weighted by molar-refractivity contribution is 9.10. The van der Waals surface area contributed by atoms with Crippen LogP contribution in [-0.2, 0) is 17.8 Å². The first-order valence-electron chi connectivity index (χ1n) is 6.03. The van der Waals surface area contributed by atoms with E-state index in [2.05, 4.69) is 25.9 Å². The number of rotatable bonds is 4. The number of nitrogens with one attached hydrogen (secondary N) is 1. The number of aromatic amines is 1. The van der Waals surface area contributed by atoms with Crippen molar-refractivity contribution in [2.75, 3.05) is 7.11 Å². The van der Waals surface area contributed by atoms with Crippen LogP contribution < -0.4 is 5.56 Å². The van der Waals surface area contributed by atoms with Crippen LogP contribution in [0.5, 0.6) is 0 Å². The summed E-state index contributed by atoms with van der Waals surface area (Å²) in [6, 6.07) is 7.75. The summed E-state index contributed by atoms with van der Waals surface area (Å²) in [5.41, 5.74) is 2.49. The number of hydrogen-bond donors (Lipinski definition) is 1. The van der Waals surface area contributed by atoms with Crippen molar-refractivity contribution in [3.8, 4) is 11.4 Å². The number of aromatic nitrogens is 2. The van der Waals surface area contributed by atoms with Gasteiger partial charge in [0.1, 0.15) is 10.3 Å². The Balaban J connectivity index is 2.59. The molecule has 0 aliphatic rings. The third-order valence-electron chi connectivity index (χ3n) is 2.84. The molecule has 0 saturated heterocycles. The molecule has 0 aliphatic heterocycles. The molecule has 0 amide bonds. The first-order valence-corrected chi connectivity index (χ1v) is 6.82. The number of aryl methyl sites for hydroxylation is 1. The number of H-pyrrole nitrogens is 1. The number of ether oxygens (including phenoxy) is 1. The molecular formula is C14H15BrN2O2. The van der Waals surface area contributed by atoms with E-state index < -0.39 is 0 Å². The van der Waals surface area contributed by atoms with Crippen LogP contribution in [0.15, 0.2) is 33.5 Å². The van der Waals surface area contributed by atoms with E-state index in [4.69, 9.17) is 4.74 Å². The van der Waals surface area contributed by atoms with Crippen molar-refractivity contribution < 1.29 is 4.74 Å². The van der Waals surface area contributed by atoms with Crippen molar-refractivity contribution >= 4 is 15.9 Å². The van der Waals surface area contributed by atoms with Gasteiger partial charge < -0.3 is 9.72 Å². The standard InChI is InChI=1S/C14H15BrN2O2/c1-3-11-12(15)14(18)17-13(16-11)10-7-5-4-6-9(10)8-19-2/h4-7H,3,8H2,1-2H3,(H,16,17,18). The number of halogens is 1. The molecule has 1 heterocycles. The molecule has 1 aromatic heterocycles. The van der Waals surface area contributed by atoms with Crippen molar-refractivity contribution in [3.05, 3.63) is 50.3 Å². The minimum Gasteiger partial charge on any atom is -0.380 e. The molecule has 0 atom stereocenters. The second kappa shape index (κ2) is 6.12. The van der Waals surface area contributed by atoms with Gasteiger partial charge in [0.15, 0.2) is 0 Å². The Kier molecular flexibility index (Phi) is 4.50. The number of benzene rings is 1. The molecule has 0 unspecified atom stereocenters. The fraction of sp³-hybridized carbons (Fsp3) is 0.286. The highest BCUT2D eigenvalue weighted by Gasteiger charge is 2.11. The quantitative estimate of drug-likeness (QED) is 0.941. The van der Waals surface area contributed by atoms with E-state index >= 15 is 0 Å². The predicted molar refractivity (Wildman–Crippen MR) is 78.1 cm³/mol. The van der Waals surface area contributed by atoms with Crippen LogP contribution in [0.2, 0.25) is 0 Å². The van der Waals surface area contributed by atoms with Crippen LogP contribution in [0.3, 0.4) is 0 Å². The zero-order valence-corrected chi connectivity index (χ0v) is 12.5. The maximum Gasteiger partial charge on any atom is 0.265 e. The van der Waals surface area contributed by atoms with E-state index in [0.29, 0.717) is 23.3 Å². The van der Waals surface area contributed by atoms with Crippen LogP contribution in [0.1, 0.15) is 18.2 Å². The largest absolute Gasteiger partial charge is 0.380 e. The summed E-state index contributed by atoms with van der Waals surface area (Å²) in [4.78, 5) is 19.2. The minimum atomic E-state index is -0.158. The Labute approximate surface area is 120 Å². The van der Waals surface area contributed by atoms with Gasteiger partial charge in [0.05, 0.1) is 12.3 Å². The lowest BCUT2D eigenvalue weighted by Crippen LogP contribution is -2.13. The van der Waals surface area contributed by atoms with E-state index in [0.717, 1.165) is 16.8 Å². The van der Waals surface area contributed by atoms with Gasteiger partial charge in [-0.25, -0.2) is 4.98 Å². The van der Waals surface area contributed by atoms with Crippen LogP contribution >= 0.6 is 15.9 Å². The second-order valence-electron chi connectivity index (χ2n) is 4.12. The zero-order chi connectivity index (χ0) is 13.8. The zero-order valence-electron chi connectivity index (χ0n) is 10.9. The highest BCUT2D eigenvalue weighted by Crippen LogP contribution is 2.21. The van der Waals surface area contributed by atoms with Crippen molar-refractivity contribution in [1.29, 1.82) is 0 Å². The van der Waals surface area contributed by atoms with E-state index in [9.17, 15) is 4.79 Å². The van der Waals surface area contributed by atoms with Crippen LogP contribution in [0.25, 0.3) is 11.4 Å². The molecule has 4 nitrogen and oxygen atoms in total. The molecule has 0 saturated carbocycles. The topological polar surface area (TPSA) is 55.0 Å². The Hall–Kier alpha value is -1.46. The van der Waals surface area contributed by atoms with Crippen molar-refractivity contribution in [2.45, 2.75) is 20.0 Å². The molecule has 0 radical (unpaired) electrons. The summed E-state index contributed by atoms with van der Waals surface area (Å²) in [5.74, 6) is 0.581. The summed E-state index contributed by atoms with van der Waals surface area (Å²) < 4.78 is 5.67. The SMILES string of the molecule is CCc1nc(-c2ccccc2COC)[nH]c(=O)c1Br. The lowest BCUT2D eigenvalue weighted by molar-refractivity contribution is 0.185. The summed E-state index contributed by atoms with van der Waals surface area (Å²) >= 11 is 3.27. The third kappa shape index (κ3) is 2.93. The van der Waals surface area contributed by atoms with Crippen LogP contribution in [0.4, 0.5) is 0 Å². The van der Waals surface area contributed by atoms with E-state index in [1.54, 1.807) is 7.11 Å². The number of nitrogens with zero attached hydrogens (tertiary/aromatic N) is 1. The third-order valence-corrected chi connectivity index (χ3v) is 3.66. The van der Waals surface area contributed by atoms with Crippen molar-refractivity contribution in [1.82, 2.24) is 9.97 Å². The summed E-state index contributed by atoms with van der Waals surface area (Å²) in [7, 11) is 1.64.